The number of carbonyl (C=O) groups excluding carboxylic acids is 2. The van der Waals surface area contributed by atoms with Gasteiger partial charge in [-0.15, -0.1) is 10.2 Å². The lowest BCUT2D eigenvalue weighted by Crippen LogP contribution is -2.30. The molecule has 0 unspecified atom stereocenters. The molecule has 8 heteroatoms. The van der Waals surface area contributed by atoms with Crippen LogP contribution in [0.3, 0.4) is 0 Å². The van der Waals surface area contributed by atoms with Crippen LogP contribution < -0.4 is 10.6 Å². The van der Waals surface area contributed by atoms with Crippen molar-refractivity contribution in [1.29, 1.82) is 0 Å². The van der Waals surface area contributed by atoms with Gasteiger partial charge in [-0.2, -0.15) is 0 Å². The van der Waals surface area contributed by atoms with Crippen molar-refractivity contribution in [3.63, 3.8) is 0 Å². The predicted molar refractivity (Wildman–Crippen MR) is 116 cm³/mol. The molecule has 0 saturated carbocycles. The number of nitrogens with one attached hydrogen (secondary N) is 2. The minimum atomic E-state index is -0.140. The molecular weight excluding hydrogens is 398 g/mol. The van der Waals surface area contributed by atoms with Crippen LogP contribution >= 0.6 is 11.8 Å². The monoisotopic (exact) mass is 421 g/mol. The molecule has 2 amide bonds. The van der Waals surface area contributed by atoms with Gasteiger partial charge in [-0.05, 0) is 54.7 Å². The van der Waals surface area contributed by atoms with Crippen molar-refractivity contribution in [3.05, 3.63) is 71.5 Å². The topological polar surface area (TPSA) is 88.9 Å². The molecule has 0 radical (unpaired) electrons. The summed E-state index contributed by atoms with van der Waals surface area (Å²) >= 11 is 1.32. The Balaban J connectivity index is 1.32. The summed E-state index contributed by atoms with van der Waals surface area (Å²) in [6.07, 6.45) is 4.67. The van der Waals surface area contributed by atoms with Gasteiger partial charge in [-0.25, -0.2) is 0 Å². The Kier molecular flexibility index (Phi) is 6.13. The van der Waals surface area contributed by atoms with E-state index in [1.165, 1.54) is 22.9 Å². The molecule has 1 aromatic heterocycles. The van der Waals surface area contributed by atoms with Gasteiger partial charge < -0.3 is 15.2 Å². The second kappa shape index (κ2) is 9.13. The van der Waals surface area contributed by atoms with Gasteiger partial charge in [0.2, 0.25) is 5.91 Å². The summed E-state index contributed by atoms with van der Waals surface area (Å²) in [5.41, 5.74) is 3.75. The molecule has 30 heavy (non-hydrogen) atoms. The van der Waals surface area contributed by atoms with E-state index in [4.69, 9.17) is 0 Å². The van der Waals surface area contributed by atoms with Gasteiger partial charge in [-0.1, -0.05) is 36.0 Å². The van der Waals surface area contributed by atoms with Crippen LogP contribution in [0.2, 0.25) is 0 Å². The molecule has 1 atom stereocenters. The Morgan fingerprint density at radius 1 is 1.17 bits per heavy atom. The molecule has 154 valence electrons. The van der Waals surface area contributed by atoms with Gasteiger partial charge in [0.1, 0.15) is 6.33 Å². The number of aromatic nitrogens is 3. The molecule has 1 heterocycles. The number of carbonyl (C=O) groups is 2. The lowest BCUT2D eigenvalue weighted by atomic mass is 9.87. The Bertz CT molecular complexity index is 1050. The third-order valence-corrected chi connectivity index (χ3v) is 6.14. The van der Waals surface area contributed by atoms with Gasteiger partial charge in [0.05, 0.1) is 11.8 Å². The summed E-state index contributed by atoms with van der Waals surface area (Å²) in [6.45, 7) is 0. The van der Waals surface area contributed by atoms with E-state index in [0.717, 1.165) is 19.3 Å². The lowest BCUT2D eigenvalue weighted by Gasteiger charge is -2.26. The number of thioether (sulfide) groups is 1. The van der Waals surface area contributed by atoms with E-state index in [2.05, 4.69) is 33.0 Å². The van der Waals surface area contributed by atoms with Gasteiger partial charge in [0.25, 0.3) is 5.91 Å². The predicted octanol–water partition coefficient (Wildman–Crippen LogP) is 3.35. The van der Waals surface area contributed by atoms with E-state index < -0.39 is 0 Å². The number of amides is 2. The molecule has 0 spiro atoms. The van der Waals surface area contributed by atoms with Crippen molar-refractivity contribution in [2.75, 3.05) is 11.1 Å². The first-order chi connectivity index (χ1) is 14.6. The summed E-state index contributed by atoms with van der Waals surface area (Å²) < 4.78 is 1.76. The van der Waals surface area contributed by atoms with Crippen LogP contribution in [-0.2, 0) is 18.3 Å². The summed E-state index contributed by atoms with van der Waals surface area (Å²) in [7, 11) is 1.83. The fourth-order valence-electron chi connectivity index (χ4n) is 3.58. The Morgan fingerprint density at radius 2 is 1.97 bits per heavy atom. The first-order valence-electron chi connectivity index (χ1n) is 9.85. The molecule has 0 aliphatic heterocycles. The minimum absolute atomic E-state index is 0.0412. The molecule has 0 saturated heterocycles. The van der Waals surface area contributed by atoms with E-state index in [-0.39, 0.29) is 23.6 Å². The molecule has 1 aliphatic rings. The van der Waals surface area contributed by atoms with Crippen molar-refractivity contribution in [2.24, 2.45) is 7.05 Å². The van der Waals surface area contributed by atoms with Gasteiger partial charge in [0.15, 0.2) is 5.16 Å². The van der Waals surface area contributed by atoms with Gasteiger partial charge >= 0.3 is 0 Å². The Hall–Kier alpha value is -3.13. The van der Waals surface area contributed by atoms with E-state index in [1.807, 2.05) is 19.2 Å². The summed E-state index contributed by atoms with van der Waals surface area (Å²) in [5, 5.41) is 14.4. The number of fused-ring (bicyclic) bond motifs is 1. The highest BCUT2D eigenvalue weighted by atomic mass is 32.2. The van der Waals surface area contributed by atoms with Crippen LogP contribution in [0.1, 0.15) is 40.4 Å². The third kappa shape index (κ3) is 4.71. The second-order valence-corrected chi connectivity index (χ2v) is 8.20. The van der Waals surface area contributed by atoms with Crippen molar-refractivity contribution in [3.8, 4) is 0 Å². The molecule has 2 aromatic carbocycles. The quantitative estimate of drug-likeness (QED) is 0.596. The first-order valence-corrected chi connectivity index (χ1v) is 10.8. The van der Waals surface area contributed by atoms with Crippen molar-refractivity contribution in [1.82, 2.24) is 20.1 Å². The zero-order valence-electron chi connectivity index (χ0n) is 16.7. The largest absolute Gasteiger partial charge is 0.345 e. The number of aryl methyl sites for hydroxylation is 2. The molecule has 0 fully saturated rings. The van der Waals surface area contributed by atoms with E-state index in [0.29, 0.717) is 16.4 Å². The van der Waals surface area contributed by atoms with Crippen molar-refractivity contribution >= 4 is 29.3 Å². The highest BCUT2D eigenvalue weighted by Gasteiger charge is 2.21. The summed E-state index contributed by atoms with van der Waals surface area (Å²) in [6, 6.07) is 15.3. The van der Waals surface area contributed by atoms with Crippen LogP contribution in [0.5, 0.6) is 0 Å². The SMILES string of the molecule is Cn1cnnc1SCC(=O)Nc1ccc(C(=O)N[C@@H]2CCCc3ccccc32)cc1. The highest BCUT2D eigenvalue weighted by Crippen LogP contribution is 2.29. The molecule has 7 nitrogen and oxygen atoms in total. The summed E-state index contributed by atoms with van der Waals surface area (Å²) in [5.74, 6) is -0.0120. The van der Waals surface area contributed by atoms with Crippen LogP contribution in [0, 0.1) is 0 Å². The maximum atomic E-state index is 12.7. The van der Waals surface area contributed by atoms with E-state index >= 15 is 0 Å². The maximum absolute atomic E-state index is 12.7. The number of hydrogen-bond acceptors (Lipinski definition) is 5. The lowest BCUT2D eigenvalue weighted by molar-refractivity contribution is -0.113. The smallest absolute Gasteiger partial charge is 0.251 e. The Morgan fingerprint density at radius 3 is 2.73 bits per heavy atom. The number of hydrogen-bond donors (Lipinski definition) is 2. The van der Waals surface area contributed by atoms with Crippen LogP contribution in [0.4, 0.5) is 5.69 Å². The minimum Gasteiger partial charge on any atom is -0.345 e. The molecule has 0 bridgehead atoms. The van der Waals surface area contributed by atoms with Crippen molar-refractivity contribution < 1.29 is 9.59 Å². The number of anilines is 1. The molecule has 1 aliphatic carbocycles. The van der Waals surface area contributed by atoms with Crippen LogP contribution in [0.15, 0.2) is 60.0 Å². The fraction of sp³-hybridized carbons (Fsp3) is 0.273. The molecular formula is C22H23N5O2S. The van der Waals surface area contributed by atoms with E-state index in [9.17, 15) is 9.59 Å². The summed E-state index contributed by atoms with van der Waals surface area (Å²) in [4.78, 5) is 24.9. The maximum Gasteiger partial charge on any atom is 0.251 e. The van der Waals surface area contributed by atoms with E-state index in [1.54, 1.807) is 35.2 Å². The molecule has 2 N–H and O–H groups in total. The third-order valence-electron chi connectivity index (χ3n) is 5.11. The molecule has 4 rings (SSSR count). The second-order valence-electron chi connectivity index (χ2n) is 7.26. The number of benzene rings is 2. The van der Waals surface area contributed by atoms with Gasteiger partial charge in [-0.3, -0.25) is 9.59 Å². The fourth-order valence-corrected chi connectivity index (χ4v) is 4.27. The van der Waals surface area contributed by atoms with Gasteiger partial charge in [0, 0.05) is 18.3 Å². The normalized spacial score (nSPS) is 15.3. The standard InChI is InChI=1S/C22H23N5O2S/c1-27-14-23-26-22(27)30-13-20(28)24-17-11-9-16(10-12-17)21(29)25-19-8-4-6-15-5-2-3-7-18(15)19/h2-3,5,7,9-12,14,19H,4,6,8,13H2,1H3,(H,24,28)(H,25,29)/t19-/m1/s1. The first kappa shape index (κ1) is 20.2. The zero-order valence-corrected chi connectivity index (χ0v) is 17.5. The zero-order chi connectivity index (χ0) is 20.9. The van der Waals surface area contributed by atoms with Crippen molar-refractivity contribution in [2.45, 2.75) is 30.5 Å². The average molecular weight is 422 g/mol. The number of nitrogens with zero attached hydrogens (tertiary/aromatic N) is 3. The number of rotatable bonds is 6. The average Bonchev–Trinajstić information content (AvgIpc) is 3.18. The Labute approximate surface area is 179 Å². The molecule has 3 aromatic rings. The highest BCUT2D eigenvalue weighted by molar-refractivity contribution is 7.99. The van der Waals surface area contributed by atoms with Crippen LogP contribution in [-0.4, -0.2) is 32.3 Å². The van der Waals surface area contributed by atoms with Crippen LogP contribution in [0.25, 0.3) is 0 Å².